The molecule has 2 aromatic heterocycles. The highest BCUT2D eigenvalue weighted by atomic mass is 79.9. The summed E-state index contributed by atoms with van der Waals surface area (Å²) < 4.78 is 8.89. The molecule has 0 unspecified atom stereocenters. The molecule has 0 spiro atoms. The predicted molar refractivity (Wildman–Crippen MR) is 105 cm³/mol. The maximum absolute atomic E-state index is 12.8. The molecule has 0 aliphatic carbocycles. The van der Waals surface area contributed by atoms with Gasteiger partial charge in [-0.15, -0.1) is 0 Å². The van der Waals surface area contributed by atoms with Gasteiger partial charge in [0.15, 0.2) is 0 Å². The van der Waals surface area contributed by atoms with Crippen LogP contribution in [-0.2, 0) is 13.1 Å². The highest BCUT2D eigenvalue weighted by Crippen LogP contribution is 2.25. The monoisotopic (exact) mass is 426 g/mol. The third kappa shape index (κ3) is 3.02. The first-order chi connectivity index (χ1) is 13.1. The van der Waals surface area contributed by atoms with Crippen LogP contribution < -0.4 is 11.2 Å². The van der Waals surface area contributed by atoms with Gasteiger partial charge in [-0.1, -0.05) is 45.4 Å². The van der Waals surface area contributed by atoms with E-state index in [0.29, 0.717) is 16.7 Å². The van der Waals surface area contributed by atoms with Crippen molar-refractivity contribution in [3.63, 3.8) is 0 Å². The average Bonchev–Trinajstić information content (AvgIpc) is 3.14. The number of nitrogens with zero attached hydrogens (tertiary/aromatic N) is 4. The largest absolute Gasteiger partial charge is 0.337 e. The van der Waals surface area contributed by atoms with Crippen molar-refractivity contribution in [3.8, 4) is 11.4 Å². The molecule has 0 saturated heterocycles. The van der Waals surface area contributed by atoms with E-state index in [1.165, 1.54) is 9.13 Å². The lowest BCUT2D eigenvalue weighted by molar-refractivity contribution is 0.369. The second-order valence-electron chi connectivity index (χ2n) is 5.93. The number of fused-ring (bicyclic) bond motifs is 1. The Morgan fingerprint density at radius 1 is 1.04 bits per heavy atom. The standard InChI is InChI=1S/C19H15BrN4O3/c1-2-23-18(25)13-8-4-6-10-15(13)24(19(23)26)11-16-21-17(22-27-16)12-7-3-5-9-14(12)20/h3-10H,2,11H2,1H3. The van der Waals surface area contributed by atoms with Crippen LogP contribution in [-0.4, -0.2) is 19.3 Å². The van der Waals surface area contributed by atoms with Gasteiger partial charge >= 0.3 is 5.69 Å². The molecule has 2 heterocycles. The van der Waals surface area contributed by atoms with Crippen LogP contribution in [0, 0.1) is 0 Å². The van der Waals surface area contributed by atoms with Gasteiger partial charge in [0, 0.05) is 16.6 Å². The van der Waals surface area contributed by atoms with Crippen LogP contribution in [0.4, 0.5) is 0 Å². The lowest BCUT2D eigenvalue weighted by atomic mass is 10.2. The van der Waals surface area contributed by atoms with Crippen molar-refractivity contribution in [2.45, 2.75) is 20.0 Å². The second-order valence-corrected chi connectivity index (χ2v) is 6.78. The Labute approximate surface area is 162 Å². The molecule has 2 aromatic carbocycles. The second kappa shape index (κ2) is 6.96. The quantitative estimate of drug-likeness (QED) is 0.500. The molecular formula is C19H15BrN4O3. The molecule has 0 bridgehead atoms. The molecule has 0 radical (unpaired) electrons. The van der Waals surface area contributed by atoms with E-state index >= 15 is 0 Å². The Morgan fingerprint density at radius 3 is 2.56 bits per heavy atom. The van der Waals surface area contributed by atoms with Crippen molar-refractivity contribution in [1.82, 2.24) is 19.3 Å². The first kappa shape index (κ1) is 17.4. The minimum Gasteiger partial charge on any atom is -0.337 e. The summed E-state index contributed by atoms with van der Waals surface area (Å²) in [5.74, 6) is 0.716. The molecule has 0 amide bonds. The number of aromatic nitrogens is 4. The Bertz CT molecular complexity index is 1260. The predicted octanol–water partition coefficient (Wildman–Crippen LogP) is 3.04. The summed E-state index contributed by atoms with van der Waals surface area (Å²) in [5, 5.41) is 4.49. The molecule has 0 aliphatic heterocycles. The van der Waals surface area contributed by atoms with Crippen molar-refractivity contribution >= 4 is 26.8 Å². The summed E-state index contributed by atoms with van der Waals surface area (Å²) in [7, 11) is 0. The minimum absolute atomic E-state index is 0.0804. The lowest BCUT2D eigenvalue weighted by Crippen LogP contribution is -2.39. The third-order valence-corrected chi connectivity index (χ3v) is 5.02. The lowest BCUT2D eigenvalue weighted by Gasteiger charge is -2.11. The van der Waals surface area contributed by atoms with E-state index in [-0.39, 0.29) is 24.5 Å². The van der Waals surface area contributed by atoms with E-state index in [0.717, 1.165) is 10.0 Å². The fraction of sp³-hybridized carbons (Fsp3) is 0.158. The zero-order valence-corrected chi connectivity index (χ0v) is 16.0. The average molecular weight is 427 g/mol. The van der Waals surface area contributed by atoms with Crippen molar-refractivity contribution in [1.29, 1.82) is 0 Å². The molecular weight excluding hydrogens is 412 g/mol. The molecule has 4 aromatic rings. The Balaban J connectivity index is 1.82. The third-order valence-electron chi connectivity index (χ3n) is 4.32. The molecule has 27 heavy (non-hydrogen) atoms. The molecule has 136 valence electrons. The smallest absolute Gasteiger partial charge is 0.331 e. The number of benzene rings is 2. The number of hydrogen-bond acceptors (Lipinski definition) is 5. The van der Waals surface area contributed by atoms with Gasteiger partial charge < -0.3 is 4.52 Å². The van der Waals surface area contributed by atoms with Gasteiger partial charge in [-0.3, -0.25) is 13.9 Å². The summed E-state index contributed by atoms with van der Waals surface area (Å²) in [4.78, 5) is 29.7. The number of halogens is 1. The molecule has 0 fully saturated rings. The van der Waals surface area contributed by atoms with Crippen LogP contribution >= 0.6 is 15.9 Å². The summed E-state index contributed by atoms with van der Waals surface area (Å²) >= 11 is 3.47. The van der Waals surface area contributed by atoms with Crippen LogP contribution in [0.2, 0.25) is 0 Å². The van der Waals surface area contributed by atoms with E-state index in [2.05, 4.69) is 26.1 Å². The SMILES string of the molecule is CCn1c(=O)c2ccccc2n(Cc2nc(-c3ccccc3Br)no2)c1=O. The first-order valence-electron chi connectivity index (χ1n) is 8.40. The fourth-order valence-electron chi connectivity index (χ4n) is 3.01. The van der Waals surface area contributed by atoms with Crippen molar-refractivity contribution in [3.05, 3.63) is 79.7 Å². The fourth-order valence-corrected chi connectivity index (χ4v) is 3.47. The van der Waals surface area contributed by atoms with E-state index in [1.807, 2.05) is 24.3 Å². The van der Waals surface area contributed by atoms with E-state index in [9.17, 15) is 9.59 Å². The van der Waals surface area contributed by atoms with Gasteiger partial charge in [-0.05, 0) is 31.2 Å². The van der Waals surface area contributed by atoms with Crippen LogP contribution in [0.5, 0.6) is 0 Å². The van der Waals surface area contributed by atoms with E-state index < -0.39 is 5.69 Å². The first-order valence-corrected chi connectivity index (χ1v) is 9.19. The number of rotatable bonds is 4. The van der Waals surface area contributed by atoms with Crippen LogP contribution in [0.3, 0.4) is 0 Å². The van der Waals surface area contributed by atoms with Gasteiger partial charge in [0.05, 0.1) is 10.9 Å². The van der Waals surface area contributed by atoms with E-state index in [4.69, 9.17) is 4.52 Å². The Kier molecular flexibility index (Phi) is 4.49. The van der Waals surface area contributed by atoms with Crippen LogP contribution in [0.1, 0.15) is 12.8 Å². The normalized spacial score (nSPS) is 11.2. The van der Waals surface area contributed by atoms with Gasteiger partial charge in [0.1, 0.15) is 6.54 Å². The van der Waals surface area contributed by atoms with Crippen LogP contribution in [0.25, 0.3) is 22.3 Å². The number of hydrogen-bond donors (Lipinski definition) is 0. The molecule has 0 N–H and O–H groups in total. The molecule has 4 rings (SSSR count). The summed E-state index contributed by atoms with van der Waals surface area (Å²) in [6, 6.07) is 14.5. The Hall–Kier alpha value is -3.00. The zero-order valence-electron chi connectivity index (χ0n) is 14.4. The van der Waals surface area contributed by atoms with E-state index in [1.54, 1.807) is 31.2 Å². The van der Waals surface area contributed by atoms with Gasteiger partial charge in [0.25, 0.3) is 5.56 Å². The summed E-state index contributed by atoms with van der Waals surface area (Å²) in [6.07, 6.45) is 0. The van der Waals surface area contributed by atoms with Crippen molar-refractivity contribution in [2.24, 2.45) is 0 Å². The van der Waals surface area contributed by atoms with Gasteiger partial charge in [0.2, 0.25) is 11.7 Å². The molecule has 8 heteroatoms. The highest BCUT2D eigenvalue weighted by Gasteiger charge is 2.16. The summed E-state index contributed by atoms with van der Waals surface area (Å²) in [6.45, 7) is 2.13. The van der Waals surface area contributed by atoms with Crippen molar-refractivity contribution in [2.75, 3.05) is 0 Å². The van der Waals surface area contributed by atoms with Crippen LogP contribution in [0.15, 0.2) is 67.1 Å². The molecule has 7 nitrogen and oxygen atoms in total. The topological polar surface area (TPSA) is 82.9 Å². The summed E-state index contributed by atoms with van der Waals surface area (Å²) in [5.41, 5.74) is 0.636. The number of para-hydroxylation sites is 1. The molecule has 0 saturated carbocycles. The van der Waals surface area contributed by atoms with Crippen molar-refractivity contribution < 1.29 is 4.52 Å². The highest BCUT2D eigenvalue weighted by molar-refractivity contribution is 9.10. The zero-order chi connectivity index (χ0) is 19.0. The Morgan fingerprint density at radius 2 is 1.78 bits per heavy atom. The molecule has 0 aliphatic rings. The maximum Gasteiger partial charge on any atom is 0.331 e. The minimum atomic E-state index is -0.401. The maximum atomic E-state index is 12.8. The van der Waals surface area contributed by atoms with Gasteiger partial charge in [-0.2, -0.15) is 4.98 Å². The molecule has 0 atom stereocenters. The van der Waals surface area contributed by atoms with Gasteiger partial charge in [-0.25, -0.2) is 4.79 Å².